The molecule has 0 saturated heterocycles. The molecule has 2 aromatic rings. The third-order valence-corrected chi connectivity index (χ3v) is 9.09. The van der Waals surface area contributed by atoms with Gasteiger partial charge in [0.15, 0.2) is 23.1 Å². The van der Waals surface area contributed by atoms with Crippen LogP contribution in [0.4, 0.5) is 0 Å². The summed E-state index contributed by atoms with van der Waals surface area (Å²) < 4.78 is 19.0. The minimum Gasteiger partial charge on any atom is -0.493 e. The van der Waals surface area contributed by atoms with Crippen LogP contribution in [0.5, 0.6) is 11.5 Å². The molecule has 0 radical (unpaired) electrons. The van der Waals surface area contributed by atoms with Gasteiger partial charge in [-0.2, -0.15) is 0 Å². The van der Waals surface area contributed by atoms with Crippen molar-refractivity contribution in [2.75, 3.05) is 27.4 Å². The number of nitrogens with zero attached hydrogens (tertiary/aromatic N) is 1. The number of benzene rings is 2. The Balaban J connectivity index is 1.58. The zero-order chi connectivity index (χ0) is 27.5. The van der Waals surface area contributed by atoms with Crippen molar-refractivity contribution in [3.8, 4) is 11.5 Å². The van der Waals surface area contributed by atoms with Gasteiger partial charge in [0.1, 0.15) is 6.61 Å². The molecule has 1 aliphatic heterocycles. The Labute approximate surface area is 246 Å². The second-order valence-electron chi connectivity index (χ2n) is 10.1. The maximum Gasteiger partial charge on any atom is 0.175 e. The van der Waals surface area contributed by atoms with Crippen LogP contribution in [0.3, 0.4) is 0 Å². The fourth-order valence-corrected chi connectivity index (χ4v) is 6.97. The van der Waals surface area contributed by atoms with Gasteiger partial charge in [-0.05, 0) is 71.8 Å². The van der Waals surface area contributed by atoms with Crippen molar-refractivity contribution >= 4 is 43.4 Å². The minimum atomic E-state index is -0.406. The second-order valence-corrected chi connectivity index (χ2v) is 11.8. The van der Waals surface area contributed by atoms with Crippen molar-refractivity contribution < 1.29 is 23.8 Å². The lowest BCUT2D eigenvalue weighted by Crippen LogP contribution is -2.39. The molecular weight excluding hydrogens is 626 g/mol. The van der Waals surface area contributed by atoms with E-state index in [2.05, 4.69) is 36.8 Å². The molecule has 0 bridgehead atoms. The van der Waals surface area contributed by atoms with Crippen molar-refractivity contribution in [3.05, 3.63) is 79.0 Å². The third kappa shape index (κ3) is 5.61. The van der Waals surface area contributed by atoms with E-state index in [4.69, 9.17) is 14.2 Å². The topological polar surface area (TPSA) is 65.1 Å². The first-order chi connectivity index (χ1) is 18.9. The predicted octanol–water partition coefficient (Wildman–Crippen LogP) is 7.25. The van der Waals surface area contributed by atoms with Gasteiger partial charge in [-0.3, -0.25) is 9.59 Å². The number of hydrogen-bond donors (Lipinski definition) is 0. The fraction of sp³-hybridized carbons (Fsp3) is 0.419. The van der Waals surface area contributed by atoms with Crippen LogP contribution >= 0.6 is 31.9 Å². The number of allylic oxidation sites excluding steroid dienone is 4. The highest BCUT2D eigenvalue weighted by Crippen LogP contribution is 2.51. The van der Waals surface area contributed by atoms with Crippen LogP contribution in [0.15, 0.2) is 67.9 Å². The Morgan fingerprint density at radius 1 is 0.897 bits per heavy atom. The fourth-order valence-electron chi connectivity index (χ4n) is 6.00. The minimum absolute atomic E-state index is 0.132. The molecule has 2 aromatic carbocycles. The molecule has 0 atom stereocenters. The van der Waals surface area contributed by atoms with Crippen LogP contribution in [-0.2, 0) is 20.9 Å². The van der Waals surface area contributed by atoms with E-state index in [1.807, 2.05) is 36.4 Å². The highest BCUT2D eigenvalue weighted by molar-refractivity contribution is 9.10. The van der Waals surface area contributed by atoms with Crippen LogP contribution in [0.2, 0.25) is 0 Å². The quantitative estimate of drug-likeness (QED) is 0.265. The predicted molar refractivity (Wildman–Crippen MR) is 157 cm³/mol. The molecule has 39 heavy (non-hydrogen) atoms. The lowest BCUT2D eigenvalue weighted by molar-refractivity contribution is -0.117. The maximum absolute atomic E-state index is 13.6. The summed E-state index contributed by atoms with van der Waals surface area (Å²) in [5, 5.41) is 0. The molecule has 1 heterocycles. The maximum atomic E-state index is 13.6. The average Bonchev–Trinajstić information content (AvgIpc) is 2.93. The summed E-state index contributed by atoms with van der Waals surface area (Å²) in [6, 6.07) is 11.8. The summed E-state index contributed by atoms with van der Waals surface area (Å²) in [4.78, 5) is 29.4. The summed E-state index contributed by atoms with van der Waals surface area (Å²) in [5.74, 6) is 1.00. The Hall–Kier alpha value is -2.42. The van der Waals surface area contributed by atoms with Gasteiger partial charge in [0.25, 0.3) is 0 Å². The normalized spacial score (nSPS) is 17.9. The van der Waals surface area contributed by atoms with Crippen LogP contribution in [0.25, 0.3) is 0 Å². The first-order valence-electron chi connectivity index (χ1n) is 13.5. The number of methoxy groups -OCH3 is 2. The van der Waals surface area contributed by atoms with Crippen LogP contribution in [0.1, 0.15) is 62.0 Å². The average molecular weight is 659 g/mol. The van der Waals surface area contributed by atoms with Gasteiger partial charge in [-0.25, -0.2) is 0 Å². The van der Waals surface area contributed by atoms with Crippen LogP contribution < -0.4 is 9.47 Å². The molecule has 8 heteroatoms. The van der Waals surface area contributed by atoms with E-state index in [1.54, 1.807) is 14.2 Å². The molecular formula is C31H33Br2NO5. The Kier molecular flexibility index (Phi) is 8.94. The standard InChI is InChI=1S/C31H33Br2NO5/c1-37-15-7-14-34-23-10-5-12-25(35)29(23)28(30-24(34)11-6-13-26(30)36)20-16-22(33)31(27(17-20)38-2)39-18-19-8-3-4-9-21(19)32/h3-4,8-9,16-17,28H,5-7,10-15,18H2,1-2H3. The molecule has 0 saturated carbocycles. The summed E-state index contributed by atoms with van der Waals surface area (Å²) >= 11 is 7.30. The first kappa shape index (κ1) is 28.1. The number of carbonyl (C=O) groups excluding carboxylic acids is 2. The summed E-state index contributed by atoms with van der Waals surface area (Å²) in [6.45, 7) is 1.74. The number of rotatable bonds is 9. The molecule has 206 valence electrons. The van der Waals surface area contributed by atoms with Crippen molar-refractivity contribution in [2.45, 2.75) is 57.5 Å². The number of carbonyl (C=O) groups is 2. The van der Waals surface area contributed by atoms with Gasteiger partial charge >= 0.3 is 0 Å². The van der Waals surface area contributed by atoms with Gasteiger partial charge in [-0.15, -0.1) is 0 Å². The molecule has 6 nitrogen and oxygen atoms in total. The third-order valence-electron chi connectivity index (χ3n) is 7.73. The Morgan fingerprint density at radius 2 is 1.56 bits per heavy atom. The first-order valence-corrected chi connectivity index (χ1v) is 15.1. The monoisotopic (exact) mass is 657 g/mol. The van der Waals surface area contributed by atoms with Crippen LogP contribution in [-0.4, -0.2) is 43.8 Å². The molecule has 0 fully saturated rings. The van der Waals surface area contributed by atoms with E-state index in [1.165, 1.54) is 0 Å². The zero-order valence-corrected chi connectivity index (χ0v) is 25.5. The molecule has 0 aromatic heterocycles. The van der Waals surface area contributed by atoms with E-state index in [0.29, 0.717) is 37.6 Å². The van der Waals surface area contributed by atoms with E-state index < -0.39 is 5.92 Å². The summed E-state index contributed by atoms with van der Waals surface area (Å²) in [7, 11) is 3.31. The molecule has 0 amide bonds. The number of ketones is 2. The highest BCUT2D eigenvalue weighted by atomic mass is 79.9. The lowest BCUT2D eigenvalue weighted by Gasteiger charge is -2.44. The van der Waals surface area contributed by atoms with Gasteiger partial charge < -0.3 is 19.1 Å². The molecule has 0 N–H and O–H groups in total. The van der Waals surface area contributed by atoms with Gasteiger partial charge in [0.2, 0.25) is 0 Å². The number of Topliss-reactive ketones (excluding diaryl/α,β-unsaturated/α-hetero) is 2. The number of hydrogen-bond acceptors (Lipinski definition) is 6. The van der Waals surface area contributed by atoms with E-state index >= 15 is 0 Å². The highest BCUT2D eigenvalue weighted by Gasteiger charge is 2.43. The smallest absolute Gasteiger partial charge is 0.175 e. The second kappa shape index (κ2) is 12.4. The Bertz CT molecular complexity index is 1300. The lowest BCUT2D eigenvalue weighted by atomic mass is 9.71. The molecule has 0 spiro atoms. The number of halogens is 2. The van der Waals surface area contributed by atoms with Crippen molar-refractivity contribution in [1.29, 1.82) is 0 Å². The summed E-state index contributed by atoms with van der Waals surface area (Å²) in [6.07, 6.45) is 5.17. The van der Waals surface area contributed by atoms with Gasteiger partial charge in [-0.1, -0.05) is 34.1 Å². The van der Waals surface area contributed by atoms with Gasteiger partial charge in [0, 0.05) is 71.6 Å². The summed E-state index contributed by atoms with van der Waals surface area (Å²) in [5.41, 5.74) is 5.57. The van der Waals surface area contributed by atoms with E-state index in [0.717, 1.165) is 81.3 Å². The Morgan fingerprint density at radius 3 is 2.18 bits per heavy atom. The van der Waals surface area contributed by atoms with Crippen LogP contribution in [0, 0.1) is 0 Å². The van der Waals surface area contributed by atoms with Crippen molar-refractivity contribution in [2.24, 2.45) is 0 Å². The molecule has 3 aliphatic rings. The number of ether oxygens (including phenoxy) is 3. The molecule has 2 aliphatic carbocycles. The molecule has 5 rings (SSSR count). The van der Waals surface area contributed by atoms with E-state index in [-0.39, 0.29) is 11.6 Å². The van der Waals surface area contributed by atoms with Crippen molar-refractivity contribution in [3.63, 3.8) is 0 Å². The van der Waals surface area contributed by atoms with Crippen molar-refractivity contribution in [1.82, 2.24) is 4.90 Å². The largest absolute Gasteiger partial charge is 0.493 e. The molecule has 0 unspecified atom stereocenters. The van der Waals surface area contributed by atoms with Gasteiger partial charge in [0.05, 0.1) is 11.6 Å². The zero-order valence-electron chi connectivity index (χ0n) is 22.4. The van der Waals surface area contributed by atoms with E-state index in [9.17, 15) is 9.59 Å². The SMILES string of the molecule is COCCCN1C2=C(C(=O)CCC2)C(c2cc(Br)c(OCc3ccccc3Br)c(OC)c2)C2=C1CCCC2=O.